The van der Waals surface area contributed by atoms with Crippen molar-refractivity contribution >= 4 is 40.6 Å². The number of hydrogen-bond donors (Lipinski definition) is 2. The molecule has 2 amide bonds. The smallest absolute Gasteiger partial charge is 0.251 e. The maximum absolute atomic E-state index is 12.8. The molecule has 0 aromatic heterocycles. The molecule has 7 heteroatoms. The van der Waals surface area contributed by atoms with E-state index in [1.807, 2.05) is 43.3 Å². The van der Waals surface area contributed by atoms with Gasteiger partial charge in [0.05, 0.1) is 6.04 Å². The predicted octanol–water partition coefficient (Wildman–Crippen LogP) is 5.52. The SMILES string of the molecule is CC(=O)CCCCCNC(=O)c1ccc2c(c1)C(Nc1ccc(Cl)cc1)CC(C)N2C(C)=O. The molecule has 1 heterocycles. The zero-order valence-electron chi connectivity index (χ0n) is 19.5. The number of nitrogens with zero attached hydrogens (tertiary/aromatic N) is 1. The number of nitrogens with one attached hydrogen (secondary N) is 2. The Bertz CT molecular complexity index is 1010. The second-order valence-corrected chi connectivity index (χ2v) is 9.16. The lowest BCUT2D eigenvalue weighted by atomic mass is 9.90. The lowest BCUT2D eigenvalue weighted by molar-refractivity contribution is -0.118. The maximum atomic E-state index is 12.8. The van der Waals surface area contributed by atoms with Crippen LogP contribution in [0.25, 0.3) is 0 Å². The minimum absolute atomic E-state index is 0.0172. The van der Waals surface area contributed by atoms with E-state index in [0.29, 0.717) is 23.6 Å². The topological polar surface area (TPSA) is 78.5 Å². The van der Waals surface area contributed by atoms with E-state index in [9.17, 15) is 14.4 Å². The molecule has 0 radical (unpaired) electrons. The van der Waals surface area contributed by atoms with E-state index in [1.54, 1.807) is 24.8 Å². The van der Waals surface area contributed by atoms with Gasteiger partial charge in [0.25, 0.3) is 5.91 Å². The minimum atomic E-state index is -0.136. The van der Waals surface area contributed by atoms with Gasteiger partial charge in [-0.15, -0.1) is 0 Å². The van der Waals surface area contributed by atoms with Crippen LogP contribution in [0.3, 0.4) is 0 Å². The summed E-state index contributed by atoms with van der Waals surface area (Å²) in [5.41, 5.74) is 3.25. The molecule has 0 fully saturated rings. The average Bonchev–Trinajstić information content (AvgIpc) is 2.76. The first kappa shape index (κ1) is 24.8. The van der Waals surface area contributed by atoms with Crippen LogP contribution >= 0.6 is 11.6 Å². The Morgan fingerprint density at radius 1 is 1.03 bits per heavy atom. The van der Waals surface area contributed by atoms with Gasteiger partial charge in [-0.3, -0.25) is 9.59 Å². The molecule has 0 aliphatic carbocycles. The highest BCUT2D eigenvalue weighted by Crippen LogP contribution is 2.39. The summed E-state index contributed by atoms with van der Waals surface area (Å²) in [4.78, 5) is 37.9. The normalized spacial score (nSPS) is 17.3. The quantitative estimate of drug-likeness (QED) is 0.474. The lowest BCUT2D eigenvalue weighted by Crippen LogP contribution is -2.43. The van der Waals surface area contributed by atoms with E-state index in [-0.39, 0.29) is 29.7 Å². The fourth-order valence-electron chi connectivity index (χ4n) is 4.35. The number of amides is 2. The third kappa shape index (κ3) is 6.57. The molecule has 33 heavy (non-hydrogen) atoms. The van der Waals surface area contributed by atoms with E-state index in [1.165, 1.54) is 0 Å². The van der Waals surface area contributed by atoms with E-state index >= 15 is 0 Å². The standard InChI is InChI=1S/C26H32ClN3O3/c1-17-15-24(29-22-11-9-21(27)10-12-22)23-16-20(8-13-25(23)30(17)19(3)32)26(33)28-14-6-4-5-7-18(2)31/h8-13,16-17,24,29H,4-7,14-15H2,1-3H3,(H,28,33). The second kappa shape index (κ2) is 11.3. The summed E-state index contributed by atoms with van der Waals surface area (Å²) in [5.74, 6) is 0.0443. The number of benzene rings is 2. The number of unbranched alkanes of at least 4 members (excludes halogenated alkanes) is 2. The Morgan fingerprint density at radius 3 is 2.42 bits per heavy atom. The third-order valence-electron chi connectivity index (χ3n) is 5.96. The molecule has 0 bridgehead atoms. The molecular weight excluding hydrogens is 438 g/mol. The van der Waals surface area contributed by atoms with Crippen LogP contribution in [0.5, 0.6) is 0 Å². The van der Waals surface area contributed by atoms with Gasteiger partial charge >= 0.3 is 0 Å². The van der Waals surface area contributed by atoms with Crippen molar-refractivity contribution in [1.82, 2.24) is 5.32 Å². The molecule has 6 nitrogen and oxygen atoms in total. The van der Waals surface area contributed by atoms with Crippen molar-refractivity contribution in [3.8, 4) is 0 Å². The molecule has 2 atom stereocenters. The molecular formula is C26H32ClN3O3. The third-order valence-corrected chi connectivity index (χ3v) is 6.21. The van der Waals surface area contributed by atoms with E-state index in [0.717, 1.165) is 42.6 Å². The molecule has 176 valence electrons. The summed E-state index contributed by atoms with van der Waals surface area (Å²) in [6.45, 7) is 5.77. The molecule has 1 aliphatic heterocycles. The van der Waals surface area contributed by atoms with Gasteiger partial charge in [0.15, 0.2) is 0 Å². The van der Waals surface area contributed by atoms with Crippen LogP contribution in [0, 0.1) is 0 Å². The monoisotopic (exact) mass is 469 g/mol. The van der Waals surface area contributed by atoms with Gasteiger partial charge in [-0.25, -0.2) is 0 Å². The summed E-state index contributed by atoms with van der Waals surface area (Å²) >= 11 is 6.02. The first-order valence-electron chi connectivity index (χ1n) is 11.5. The summed E-state index contributed by atoms with van der Waals surface area (Å²) in [6, 6.07) is 13.0. The highest BCUT2D eigenvalue weighted by Gasteiger charge is 2.33. The molecule has 0 saturated carbocycles. The van der Waals surface area contributed by atoms with Gasteiger partial charge < -0.3 is 20.3 Å². The van der Waals surface area contributed by atoms with Crippen molar-refractivity contribution in [1.29, 1.82) is 0 Å². The molecule has 2 N–H and O–H groups in total. The Morgan fingerprint density at radius 2 is 1.76 bits per heavy atom. The Labute approximate surface area is 200 Å². The number of carbonyl (C=O) groups is 3. The van der Waals surface area contributed by atoms with E-state index in [2.05, 4.69) is 10.6 Å². The molecule has 2 aromatic rings. The highest BCUT2D eigenvalue weighted by molar-refractivity contribution is 6.30. The number of Topliss-reactive ketones (excluding diaryl/α,β-unsaturated/α-hetero) is 1. The number of anilines is 2. The molecule has 0 saturated heterocycles. The average molecular weight is 470 g/mol. The molecule has 0 spiro atoms. The fraction of sp³-hybridized carbons (Fsp3) is 0.423. The van der Waals surface area contributed by atoms with Gasteiger partial charge in [-0.1, -0.05) is 18.0 Å². The largest absolute Gasteiger partial charge is 0.378 e. The molecule has 2 aromatic carbocycles. The number of carbonyl (C=O) groups excluding carboxylic acids is 3. The first-order valence-corrected chi connectivity index (χ1v) is 11.9. The van der Waals surface area contributed by atoms with Gasteiger partial charge in [0.1, 0.15) is 5.78 Å². The van der Waals surface area contributed by atoms with E-state index < -0.39 is 0 Å². The van der Waals surface area contributed by atoms with Crippen molar-refractivity contribution in [2.45, 2.75) is 65.0 Å². The highest BCUT2D eigenvalue weighted by atomic mass is 35.5. The van der Waals surface area contributed by atoms with Gasteiger partial charge in [-0.05, 0) is 81.1 Å². The van der Waals surface area contributed by atoms with Crippen LogP contribution < -0.4 is 15.5 Å². The van der Waals surface area contributed by atoms with Gasteiger partial charge in [0.2, 0.25) is 5.91 Å². The van der Waals surface area contributed by atoms with Crippen LogP contribution in [-0.2, 0) is 9.59 Å². The molecule has 2 unspecified atom stereocenters. The van der Waals surface area contributed by atoms with Crippen molar-refractivity contribution in [2.24, 2.45) is 0 Å². The number of fused-ring (bicyclic) bond motifs is 1. The van der Waals surface area contributed by atoms with Crippen molar-refractivity contribution in [3.05, 3.63) is 58.6 Å². The van der Waals surface area contributed by atoms with Crippen molar-refractivity contribution in [3.63, 3.8) is 0 Å². The lowest BCUT2D eigenvalue weighted by Gasteiger charge is -2.39. The number of hydrogen-bond acceptors (Lipinski definition) is 4. The number of halogens is 1. The van der Waals surface area contributed by atoms with Crippen LogP contribution in [0.4, 0.5) is 11.4 Å². The summed E-state index contributed by atoms with van der Waals surface area (Å²) in [5, 5.41) is 7.18. The zero-order chi connectivity index (χ0) is 24.0. The summed E-state index contributed by atoms with van der Waals surface area (Å²) in [7, 11) is 0. The van der Waals surface area contributed by atoms with Gasteiger partial charge in [0, 0.05) is 47.9 Å². The first-order chi connectivity index (χ1) is 15.8. The minimum Gasteiger partial charge on any atom is -0.378 e. The predicted molar refractivity (Wildman–Crippen MR) is 133 cm³/mol. The molecule has 3 rings (SSSR count). The van der Waals surface area contributed by atoms with Crippen LogP contribution in [0.1, 0.15) is 74.8 Å². The fourth-order valence-corrected chi connectivity index (χ4v) is 4.47. The Hall–Kier alpha value is -2.86. The number of ketones is 1. The summed E-state index contributed by atoms with van der Waals surface area (Å²) in [6.07, 6.45) is 3.90. The van der Waals surface area contributed by atoms with Crippen LogP contribution in [0.2, 0.25) is 5.02 Å². The van der Waals surface area contributed by atoms with Crippen LogP contribution in [0.15, 0.2) is 42.5 Å². The Balaban J connectivity index is 1.76. The second-order valence-electron chi connectivity index (χ2n) is 8.72. The molecule has 1 aliphatic rings. The Kier molecular flexibility index (Phi) is 8.50. The van der Waals surface area contributed by atoms with Crippen LogP contribution in [-0.4, -0.2) is 30.2 Å². The maximum Gasteiger partial charge on any atom is 0.251 e. The summed E-state index contributed by atoms with van der Waals surface area (Å²) < 4.78 is 0. The van der Waals surface area contributed by atoms with Gasteiger partial charge in [-0.2, -0.15) is 0 Å². The van der Waals surface area contributed by atoms with E-state index in [4.69, 9.17) is 11.6 Å². The number of rotatable bonds is 9. The zero-order valence-corrected chi connectivity index (χ0v) is 20.2. The van der Waals surface area contributed by atoms with Crippen molar-refractivity contribution < 1.29 is 14.4 Å². The van der Waals surface area contributed by atoms with Crippen molar-refractivity contribution in [2.75, 3.05) is 16.8 Å².